The maximum absolute atomic E-state index is 13.2. The van der Waals surface area contributed by atoms with Gasteiger partial charge in [0.1, 0.15) is 24.1 Å². The highest BCUT2D eigenvalue weighted by Gasteiger charge is 2.45. The topological polar surface area (TPSA) is 210 Å². The van der Waals surface area contributed by atoms with E-state index < -0.39 is 63.7 Å². The fraction of sp³-hybridized carbons (Fsp3) is 0.412. The van der Waals surface area contributed by atoms with Crippen molar-refractivity contribution in [3.63, 3.8) is 0 Å². The summed E-state index contributed by atoms with van der Waals surface area (Å²) in [6.45, 7) is -0.824. The van der Waals surface area contributed by atoms with Gasteiger partial charge in [-0.3, -0.25) is 18.5 Å². The lowest BCUT2D eigenvalue weighted by atomic mass is 10.1. The van der Waals surface area contributed by atoms with E-state index in [9.17, 15) is 33.4 Å². The number of aromatic nitrogens is 2. The Balaban J connectivity index is 1.60. The number of halogens is 1. The Hall–Kier alpha value is -2.03. The van der Waals surface area contributed by atoms with Crippen molar-refractivity contribution in [2.75, 3.05) is 18.0 Å². The standard InChI is InChI=1S/C17H22FN3O11P2/c18-11-3-1-2-10(6-11)7-30-20-13-4-5-21(17(24)19-13)16-15(23)14(22)12(32-16)8-31-34(28,29)9-33(25,26)27/h1-6,12,14-16,22-23H,7-9H2,(H,28,29)(H,19,20,24)(H2,25,26,27)/t12-,14-,15-,16-/m1/s1. The third kappa shape index (κ3) is 7.23. The molecule has 0 radical (unpaired) electrons. The number of aliphatic hydroxyl groups excluding tert-OH is 2. The molecule has 14 nitrogen and oxygen atoms in total. The Labute approximate surface area is 191 Å². The van der Waals surface area contributed by atoms with E-state index in [2.05, 4.69) is 15.0 Å². The molecule has 1 unspecified atom stereocenters. The summed E-state index contributed by atoms with van der Waals surface area (Å²) in [5.41, 5.74) is 2.03. The minimum absolute atomic E-state index is 0.00997. The smallest absolute Gasteiger partial charge is 0.351 e. The summed E-state index contributed by atoms with van der Waals surface area (Å²) in [6.07, 6.45) is -4.96. The van der Waals surface area contributed by atoms with Crippen LogP contribution in [0.1, 0.15) is 11.8 Å². The van der Waals surface area contributed by atoms with Crippen LogP contribution >= 0.6 is 15.2 Å². The van der Waals surface area contributed by atoms with E-state index in [4.69, 9.17) is 19.4 Å². The number of ether oxygens (including phenoxy) is 1. The summed E-state index contributed by atoms with van der Waals surface area (Å²) in [6, 6.07) is 6.96. The number of hydrogen-bond donors (Lipinski definition) is 6. The molecule has 1 fully saturated rings. The van der Waals surface area contributed by atoms with Crippen LogP contribution in [-0.2, 0) is 29.8 Å². The van der Waals surface area contributed by atoms with E-state index in [1.165, 1.54) is 30.5 Å². The van der Waals surface area contributed by atoms with Gasteiger partial charge in [-0.15, -0.1) is 0 Å². The number of aliphatic hydroxyl groups is 2. The van der Waals surface area contributed by atoms with Crippen LogP contribution < -0.4 is 11.2 Å². The minimum atomic E-state index is -4.85. The van der Waals surface area contributed by atoms with E-state index in [-0.39, 0.29) is 12.4 Å². The highest BCUT2D eigenvalue weighted by Crippen LogP contribution is 2.55. The fourth-order valence-electron chi connectivity index (χ4n) is 3.04. The van der Waals surface area contributed by atoms with Crippen LogP contribution in [0.3, 0.4) is 0 Å². The molecule has 1 aromatic carbocycles. The fourth-order valence-corrected chi connectivity index (χ4v) is 5.61. The molecule has 0 bridgehead atoms. The van der Waals surface area contributed by atoms with E-state index in [0.717, 1.165) is 4.57 Å². The lowest BCUT2D eigenvalue weighted by Gasteiger charge is -2.18. The predicted molar refractivity (Wildman–Crippen MR) is 112 cm³/mol. The van der Waals surface area contributed by atoms with E-state index >= 15 is 0 Å². The molecule has 1 aliphatic rings. The maximum atomic E-state index is 13.2. The number of nitrogens with one attached hydrogen (secondary N) is 1. The van der Waals surface area contributed by atoms with Gasteiger partial charge in [-0.1, -0.05) is 12.1 Å². The molecule has 3 rings (SSSR count). The third-order valence-electron chi connectivity index (χ3n) is 4.55. The number of rotatable bonds is 10. The quantitative estimate of drug-likeness (QED) is 0.177. The molecular weight excluding hydrogens is 503 g/mol. The SMILES string of the molecule is O=c1nc(NOCc2cccc(F)c2)ccn1[C@@H]1O[C@H](COP(=O)(O)CP(=O)(O)O)[C@@H](O)[C@H]1O. The highest BCUT2D eigenvalue weighted by atomic mass is 31.2. The van der Waals surface area contributed by atoms with Crippen molar-refractivity contribution in [2.45, 2.75) is 31.1 Å². The molecule has 6 N–H and O–H groups in total. The first-order valence-corrected chi connectivity index (χ1v) is 13.1. The van der Waals surface area contributed by atoms with Crippen molar-refractivity contribution < 1.29 is 52.5 Å². The molecule has 0 saturated carbocycles. The van der Waals surface area contributed by atoms with E-state index in [1.54, 1.807) is 6.07 Å². The largest absolute Gasteiger partial charge is 0.387 e. The summed E-state index contributed by atoms with van der Waals surface area (Å²) in [7, 11) is -9.57. The number of anilines is 1. The van der Waals surface area contributed by atoms with Crippen LogP contribution in [0.2, 0.25) is 0 Å². The summed E-state index contributed by atoms with van der Waals surface area (Å²) in [5.74, 6) is -1.89. The zero-order chi connectivity index (χ0) is 25.1. The predicted octanol–water partition coefficient (Wildman–Crippen LogP) is -0.118. The average Bonchev–Trinajstić information content (AvgIpc) is 2.99. The van der Waals surface area contributed by atoms with Gasteiger partial charge in [0.05, 0.1) is 13.2 Å². The molecule has 0 aliphatic carbocycles. The summed E-state index contributed by atoms with van der Waals surface area (Å²) < 4.78 is 46.6. The lowest BCUT2D eigenvalue weighted by Crippen LogP contribution is -2.36. The number of benzene rings is 1. The van der Waals surface area contributed by atoms with Crippen LogP contribution in [0.15, 0.2) is 41.3 Å². The van der Waals surface area contributed by atoms with Crippen molar-refractivity contribution in [1.29, 1.82) is 0 Å². The molecule has 17 heteroatoms. The normalized spacial score (nSPS) is 24.6. The second-order valence-electron chi connectivity index (χ2n) is 7.31. The molecular formula is C17H22FN3O11P2. The molecule has 2 aromatic rings. The van der Waals surface area contributed by atoms with Crippen LogP contribution in [0.4, 0.5) is 10.2 Å². The van der Waals surface area contributed by atoms with Crippen molar-refractivity contribution in [2.24, 2.45) is 0 Å². The molecule has 0 amide bonds. The van der Waals surface area contributed by atoms with Gasteiger partial charge in [0.2, 0.25) is 0 Å². The molecule has 34 heavy (non-hydrogen) atoms. The zero-order valence-corrected chi connectivity index (χ0v) is 19.0. The van der Waals surface area contributed by atoms with Crippen LogP contribution in [0.25, 0.3) is 0 Å². The van der Waals surface area contributed by atoms with Crippen molar-refractivity contribution >= 4 is 21.0 Å². The average molecular weight is 525 g/mol. The van der Waals surface area contributed by atoms with Gasteiger partial charge in [0, 0.05) is 6.20 Å². The van der Waals surface area contributed by atoms with Gasteiger partial charge in [-0.05, 0) is 23.8 Å². The molecule has 1 aromatic heterocycles. The van der Waals surface area contributed by atoms with Crippen LogP contribution in [-0.4, -0.2) is 65.3 Å². The van der Waals surface area contributed by atoms with Crippen LogP contribution in [0, 0.1) is 5.82 Å². The Kier molecular flexibility index (Phi) is 8.37. The zero-order valence-electron chi connectivity index (χ0n) is 17.2. The van der Waals surface area contributed by atoms with E-state index in [0.29, 0.717) is 5.56 Å². The van der Waals surface area contributed by atoms with Gasteiger partial charge in [0.15, 0.2) is 17.9 Å². The van der Waals surface area contributed by atoms with Crippen molar-refractivity contribution in [1.82, 2.24) is 9.55 Å². The number of hydrogen-bond acceptors (Lipinski definition) is 10. The van der Waals surface area contributed by atoms with Gasteiger partial charge in [0.25, 0.3) is 0 Å². The van der Waals surface area contributed by atoms with Gasteiger partial charge in [-0.25, -0.2) is 14.7 Å². The van der Waals surface area contributed by atoms with Crippen molar-refractivity contribution in [3.05, 3.63) is 58.4 Å². The second kappa shape index (κ2) is 10.7. The minimum Gasteiger partial charge on any atom is -0.387 e. The molecule has 2 heterocycles. The molecule has 1 aliphatic heterocycles. The number of nitrogens with zero attached hydrogens (tertiary/aromatic N) is 2. The Bertz CT molecular complexity index is 1160. The first-order valence-electron chi connectivity index (χ1n) is 9.58. The second-order valence-corrected chi connectivity index (χ2v) is 11.3. The van der Waals surface area contributed by atoms with Gasteiger partial charge in [-0.2, -0.15) is 4.98 Å². The summed E-state index contributed by atoms with van der Waals surface area (Å²) >= 11 is 0. The molecule has 5 atom stereocenters. The molecule has 0 spiro atoms. The Morgan fingerprint density at radius 2 is 1.91 bits per heavy atom. The first kappa shape index (κ1) is 26.6. The summed E-state index contributed by atoms with van der Waals surface area (Å²) in [4.78, 5) is 48.4. The monoisotopic (exact) mass is 525 g/mol. The lowest BCUT2D eigenvalue weighted by molar-refractivity contribution is -0.0523. The maximum Gasteiger partial charge on any atom is 0.351 e. The molecule has 188 valence electrons. The molecule has 1 saturated heterocycles. The summed E-state index contributed by atoms with van der Waals surface area (Å²) in [5, 5.41) is 20.4. The van der Waals surface area contributed by atoms with Crippen molar-refractivity contribution in [3.8, 4) is 0 Å². The van der Waals surface area contributed by atoms with E-state index in [1.807, 2.05) is 0 Å². The Morgan fingerprint density at radius 3 is 2.56 bits per heavy atom. The first-order chi connectivity index (χ1) is 15.8. The van der Waals surface area contributed by atoms with Gasteiger partial charge >= 0.3 is 20.9 Å². The van der Waals surface area contributed by atoms with Gasteiger partial charge < -0.3 is 34.2 Å². The third-order valence-corrected chi connectivity index (χ3v) is 8.01. The van der Waals surface area contributed by atoms with Crippen LogP contribution in [0.5, 0.6) is 0 Å². The highest BCUT2D eigenvalue weighted by molar-refractivity contribution is 7.70. The Morgan fingerprint density at radius 1 is 1.18 bits per heavy atom.